The van der Waals surface area contributed by atoms with Gasteiger partial charge in [0.2, 0.25) is 0 Å². The Labute approximate surface area is 103 Å². The summed E-state index contributed by atoms with van der Waals surface area (Å²) in [5, 5.41) is 1.73. The number of hydrogen-bond acceptors (Lipinski definition) is 2. The lowest BCUT2D eigenvalue weighted by atomic mass is 10.2. The van der Waals surface area contributed by atoms with Gasteiger partial charge in [0.1, 0.15) is 11.3 Å². The van der Waals surface area contributed by atoms with Crippen molar-refractivity contribution in [2.24, 2.45) is 0 Å². The summed E-state index contributed by atoms with van der Waals surface area (Å²) >= 11 is 5.99. The van der Waals surface area contributed by atoms with Crippen LogP contribution < -0.4 is 0 Å². The second-order valence-corrected chi connectivity index (χ2v) is 4.38. The number of Topliss-reactive ketones (excluding diaryl/α,β-unsaturated/α-hetero) is 1. The average molecular weight is 245 g/mol. The van der Waals surface area contributed by atoms with Crippen molar-refractivity contribution in [3.63, 3.8) is 0 Å². The summed E-state index contributed by atoms with van der Waals surface area (Å²) in [4.78, 5) is 15.6. The lowest BCUT2D eigenvalue weighted by Crippen LogP contribution is -1.90. The number of pyridine rings is 1. The van der Waals surface area contributed by atoms with Crippen LogP contribution in [-0.2, 0) is 0 Å². The molecule has 3 rings (SSSR count). The number of fused-ring (bicyclic) bond motifs is 3. The summed E-state index contributed by atoms with van der Waals surface area (Å²) in [6.45, 7) is 1.51. The smallest absolute Gasteiger partial charge is 0.179 e. The van der Waals surface area contributed by atoms with Gasteiger partial charge in [0, 0.05) is 18.1 Å². The van der Waals surface area contributed by atoms with E-state index in [1.54, 1.807) is 6.20 Å². The van der Waals surface area contributed by atoms with Crippen LogP contribution in [0.2, 0.25) is 5.02 Å². The molecule has 1 aromatic carbocycles. The van der Waals surface area contributed by atoms with E-state index in [0.717, 1.165) is 16.6 Å². The first-order valence-corrected chi connectivity index (χ1v) is 5.61. The van der Waals surface area contributed by atoms with E-state index in [-0.39, 0.29) is 5.78 Å². The maximum atomic E-state index is 11.3. The van der Waals surface area contributed by atoms with Gasteiger partial charge in [0.25, 0.3) is 0 Å². The predicted octanol–water partition coefficient (Wildman–Crippen LogP) is 3.34. The van der Waals surface area contributed by atoms with Crippen LogP contribution in [0, 0.1) is 0 Å². The number of carbonyl (C=O) groups excluding carboxylic acids is 1. The number of rotatable bonds is 1. The number of aromatic nitrogens is 2. The van der Waals surface area contributed by atoms with Crippen LogP contribution in [0.1, 0.15) is 17.4 Å². The number of hydrogen-bond donors (Lipinski definition) is 0. The normalized spacial score (nSPS) is 11.2. The van der Waals surface area contributed by atoms with Gasteiger partial charge < -0.3 is 0 Å². The van der Waals surface area contributed by atoms with Gasteiger partial charge in [0.15, 0.2) is 5.78 Å². The number of ketones is 1. The van der Waals surface area contributed by atoms with Crippen LogP contribution in [0.25, 0.3) is 16.6 Å². The fraction of sp³-hybridized carbons (Fsp3) is 0.0769. The lowest BCUT2D eigenvalue weighted by molar-refractivity contribution is 0.101. The molecule has 17 heavy (non-hydrogen) atoms. The Morgan fingerprint density at radius 3 is 2.82 bits per heavy atom. The molecule has 2 heterocycles. The van der Waals surface area contributed by atoms with E-state index in [9.17, 15) is 4.79 Å². The molecule has 3 aromatic rings. The number of halogens is 1. The second-order valence-electron chi connectivity index (χ2n) is 3.95. The van der Waals surface area contributed by atoms with Crippen molar-refractivity contribution in [3.05, 3.63) is 47.2 Å². The van der Waals surface area contributed by atoms with E-state index in [4.69, 9.17) is 11.6 Å². The first-order chi connectivity index (χ1) is 8.15. The minimum atomic E-state index is -0.0381. The van der Waals surface area contributed by atoms with Crippen LogP contribution in [0.5, 0.6) is 0 Å². The highest BCUT2D eigenvalue weighted by Gasteiger charge is 2.08. The topological polar surface area (TPSA) is 34.4 Å². The van der Waals surface area contributed by atoms with Crippen molar-refractivity contribution in [1.82, 2.24) is 9.38 Å². The fourth-order valence-electron chi connectivity index (χ4n) is 1.91. The van der Waals surface area contributed by atoms with Crippen LogP contribution in [0.15, 0.2) is 36.5 Å². The summed E-state index contributed by atoms with van der Waals surface area (Å²) in [5.74, 6) is -0.0381. The molecule has 0 radical (unpaired) electrons. The zero-order chi connectivity index (χ0) is 12.0. The Bertz CT molecular complexity index is 746. The maximum Gasteiger partial charge on any atom is 0.179 e. The monoisotopic (exact) mass is 244 g/mol. The average Bonchev–Trinajstić information content (AvgIpc) is 2.73. The van der Waals surface area contributed by atoms with Gasteiger partial charge in [-0.1, -0.05) is 17.7 Å². The molecule has 0 aliphatic rings. The van der Waals surface area contributed by atoms with Gasteiger partial charge in [0.05, 0.1) is 5.52 Å². The van der Waals surface area contributed by atoms with E-state index < -0.39 is 0 Å². The van der Waals surface area contributed by atoms with Gasteiger partial charge >= 0.3 is 0 Å². The van der Waals surface area contributed by atoms with Gasteiger partial charge in [-0.2, -0.15) is 0 Å². The van der Waals surface area contributed by atoms with Gasteiger partial charge in [-0.3, -0.25) is 9.20 Å². The Morgan fingerprint density at radius 1 is 1.29 bits per heavy atom. The van der Waals surface area contributed by atoms with Crippen LogP contribution in [0.4, 0.5) is 0 Å². The maximum absolute atomic E-state index is 11.3. The number of nitrogens with zero attached hydrogens (tertiary/aromatic N) is 2. The van der Waals surface area contributed by atoms with Gasteiger partial charge in [-0.25, -0.2) is 4.98 Å². The van der Waals surface area contributed by atoms with Gasteiger partial charge in [-0.05, 0) is 29.7 Å². The number of carbonyl (C=O) groups is 1. The van der Waals surface area contributed by atoms with Crippen molar-refractivity contribution in [3.8, 4) is 0 Å². The summed E-state index contributed by atoms with van der Waals surface area (Å²) in [7, 11) is 0. The van der Waals surface area contributed by atoms with E-state index >= 15 is 0 Å². The molecule has 3 nitrogen and oxygen atoms in total. The van der Waals surface area contributed by atoms with Crippen LogP contribution in [-0.4, -0.2) is 15.2 Å². The van der Waals surface area contributed by atoms with Crippen molar-refractivity contribution < 1.29 is 4.79 Å². The molecule has 0 aliphatic carbocycles. The number of imidazole rings is 1. The Kier molecular flexibility index (Phi) is 2.16. The van der Waals surface area contributed by atoms with E-state index in [0.29, 0.717) is 10.7 Å². The molecule has 0 saturated carbocycles. The van der Waals surface area contributed by atoms with E-state index in [2.05, 4.69) is 4.98 Å². The molecule has 0 amide bonds. The van der Waals surface area contributed by atoms with E-state index in [1.807, 2.05) is 34.7 Å². The minimum Gasteiger partial charge on any atom is -0.299 e. The molecule has 0 N–H and O–H groups in total. The molecule has 0 unspecified atom stereocenters. The van der Waals surface area contributed by atoms with E-state index in [1.165, 1.54) is 6.92 Å². The molecule has 0 atom stereocenters. The summed E-state index contributed by atoms with van der Waals surface area (Å²) in [6.07, 6.45) is 1.75. The third-order valence-corrected chi connectivity index (χ3v) is 2.99. The molecule has 84 valence electrons. The van der Waals surface area contributed by atoms with Crippen molar-refractivity contribution in [2.75, 3.05) is 0 Å². The molecule has 0 spiro atoms. The predicted molar refractivity (Wildman–Crippen MR) is 67.7 cm³/mol. The first kappa shape index (κ1) is 10.3. The third kappa shape index (κ3) is 1.59. The Morgan fingerprint density at radius 2 is 2.06 bits per heavy atom. The van der Waals surface area contributed by atoms with Crippen LogP contribution in [0.3, 0.4) is 0 Å². The minimum absolute atomic E-state index is 0.0381. The molecule has 0 aliphatic heterocycles. The molecule has 0 saturated heterocycles. The quantitative estimate of drug-likeness (QED) is 0.616. The lowest BCUT2D eigenvalue weighted by Gasteiger charge is -2.01. The molecular formula is C13H9ClN2O. The molecular weight excluding hydrogens is 236 g/mol. The van der Waals surface area contributed by atoms with Gasteiger partial charge in [-0.15, -0.1) is 0 Å². The highest BCUT2D eigenvalue weighted by Crippen LogP contribution is 2.21. The number of benzene rings is 1. The highest BCUT2D eigenvalue weighted by molar-refractivity contribution is 6.31. The largest absolute Gasteiger partial charge is 0.299 e. The van der Waals surface area contributed by atoms with Crippen molar-refractivity contribution in [1.29, 1.82) is 0 Å². The highest BCUT2D eigenvalue weighted by atomic mass is 35.5. The molecule has 2 aromatic heterocycles. The fourth-order valence-corrected chi connectivity index (χ4v) is 2.07. The Balaban J connectivity index is 2.45. The molecule has 4 heteroatoms. The second kappa shape index (κ2) is 3.57. The SMILES string of the molecule is CC(=O)c1cn2c(ccc3ccc(Cl)cc32)n1. The Hall–Kier alpha value is -1.87. The zero-order valence-electron chi connectivity index (χ0n) is 9.14. The molecule has 0 bridgehead atoms. The van der Waals surface area contributed by atoms with Crippen molar-refractivity contribution >= 4 is 33.9 Å². The van der Waals surface area contributed by atoms with Crippen LogP contribution >= 0.6 is 11.6 Å². The summed E-state index contributed by atoms with van der Waals surface area (Å²) < 4.78 is 1.89. The first-order valence-electron chi connectivity index (χ1n) is 5.23. The van der Waals surface area contributed by atoms with Crippen molar-refractivity contribution in [2.45, 2.75) is 6.92 Å². The summed E-state index contributed by atoms with van der Waals surface area (Å²) in [5.41, 5.74) is 2.18. The molecule has 0 fully saturated rings. The zero-order valence-corrected chi connectivity index (χ0v) is 9.90. The standard InChI is InChI=1S/C13H9ClN2O/c1-8(17)11-7-16-12-6-10(14)4-2-9(12)3-5-13(16)15-11/h2-7H,1H3. The summed E-state index contributed by atoms with van der Waals surface area (Å²) in [6, 6.07) is 9.53. The third-order valence-electron chi connectivity index (χ3n) is 2.76.